The van der Waals surface area contributed by atoms with Crippen LogP contribution in [0.1, 0.15) is 11.1 Å². The van der Waals surface area contributed by atoms with E-state index in [1.54, 1.807) is 12.1 Å². The number of benzene rings is 2. The van der Waals surface area contributed by atoms with Crippen molar-refractivity contribution < 1.29 is 4.39 Å². The monoisotopic (exact) mass is 260 g/mol. The first-order valence-corrected chi connectivity index (χ1v) is 5.90. The van der Waals surface area contributed by atoms with E-state index >= 15 is 0 Å². The number of nitrogens with one attached hydrogen (secondary N) is 1. The molecule has 92 valence electrons. The lowest BCUT2D eigenvalue weighted by atomic mass is 10.1. The van der Waals surface area contributed by atoms with Gasteiger partial charge in [-0.3, -0.25) is 0 Å². The second-order valence-electron chi connectivity index (χ2n) is 4.05. The van der Waals surface area contributed by atoms with Crippen molar-refractivity contribution in [2.24, 2.45) is 5.73 Å². The van der Waals surface area contributed by atoms with Crippen molar-refractivity contribution in [3.8, 4) is 0 Å². The summed E-state index contributed by atoms with van der Waals surface area (Å²) >= 11 is 5.00. The quantitative estimate of drug-likeness (QED) is 0.829. The van der Waals surface area contributed by atoms with Crippen LogP contribution in [0.4, 0.5) is 15.8 Å². The molecule has 0 unspecified atom stereocenters. The van der Waals surface area contributed by atoms with Crippen molar-refractivity contribution in [3.63, 3.8) is 0 Å². The molecular formula is C14H13FN2S. The molecule has 3 N–H and O–H groups in total. The molecule has 0 aromatic heterocycles. The summed E-state index contributed by atoms with van der Waals surface area (Å²) in [6.07, 6.45) is 0. The Kier molecular flexibility index (Phi) is 3.58. The molecule has 0 saturated carbocycles. The highest BCUT2D eigenvalue weighted by Crippen LogP contribution is 2.22. The molecule has 2 rings (SSSR count). The van der Waals surface area contributed by atoms with Crippen molar-refractivity contribution in [2.45, 2.75) is 6.92 Å². The van der Waals surface area contributed by atoms with E-state index in [0.717, 1.165) is 16.8 Å². The molecule has 0 aliphatic rings. The molecule has 4 heteroatoms. The molecule has 18 heavy (non-hydrogen) atoms. The van der Waals surface area contributed by atoms with Gasteiger partial charge < -0.3 is 11.1 Å². The zero-order valence-corrected chi connectivity index (χ0v) is 10.7. The Hall–Kier alpha value is -1.94. The average molecular weight is 260 g/mol. The predicted octanol–water partition coefficient (Wildman–Crippen LogP) is 3.51. The van der Waals surface area contributed by atoms with Gasteiger partial charge >= 0.3 is 0 Å². The molecule has 0 bridgehead atoms. The first-order chi connectivity index (χ1) is 8.56. The molecular weight excluding hydrogens is 247 g/mol. The van der Waals surface area contributed by atoms with Gasteiger partial charge in [-0.05, 0) is 42.8 Å². The van der Waals surface area contributed by atoms with Gasteiger partial charge in [-0.15, -0.1) is 0 Å². The number of hydrogen-bond acceptors (Lipinski definition) is 2. The number of nitrogens with two attached hydrogens (primary N) is 1. The van der Waals surface area contributed by atoms with Crippen LogP contribution in [0.3, 0.4) is 0 Å². The summed E-state index contributed by atoms with van der Waals surface area (Å²) in [4.78, 5) is 0.314. The van der Waals surface area contributed by atoms with E-state index in [1.807, 2.05) is 25.1 Å². The maximum atomic E-state index is 13.1. The molecule has 0 radical (unpaired) electrons. The maximum absolute atomic E-state index is 13.1. The number of thiocarbonyl (C=S) groups is 1. The molecule has 0 amide bonds. The van der Waals surface area contributed by atoms with Gasteiger partial charge in [0.15, 0.2) is 0 Å². The van der Waals surface area contributed by atoms with E-state index in [2.05, 4.69) is 5.32 Å². The van der Waals surface area contributed by atoms with Crippen LogP contribution in [0.2, 0.25) is 0 Å². The van der Waals surface area contributed by atoms with Gasteiger partial charge in [-0.1, -0.05) is 24.4 Å². The van der Waals surface area contributed by atoms with Crippen molar-refractivity contribution in [3.05, 3.63) is 59.4 Å². The van der Waals surface area contributed by atoms with E-state index in [9.17, 15) is 4.39 Å². The number of aryl methyl sites for hydroxylation is 1. The van der Waals surface area contributed by atoms with Crippen molar-refractivity contribution in [2.75, 3.05) is 5.32 Å². The lowest BCUT2D eigenvalue weighted by Gasteiger charge is -2.12. The maximum Gasteiger partial charge on any atom is 0.125 e. The highest BCUT2D eigenvalue weighted by Gasteiger charge is 2.06. The fourth-order valence-corrected chi connectivity index (χ4v) is 1.88. The topological polar surface area (TPSA) is 38.0 Å². The molecule has 0 heterocycles. The second kappa shape index (κ2) is 5.14. The zero-order chi connectivity index (χ0) is 13.1. The summed E-state index contributed by atoms with van der Waals surface area (Å²) in [5, 5.41) is 3.13. The standard InChI is InChI=1S/C14H13FN2S/c1-9-5-6-12(14(16)18)13(7-9)17-11-4-2-3-10(15)8-11/h2-8,17H,1H3,(H2,16,18). The van der Waals surface area contributed by atoms with Crippen LogP contribution in [-0.2, 0) is 0 Å². The van der Waals surface area contributed by atoms with Crippen LogP contribution in [0.15, 0.2) is 42.5 Å². The lowest BCUT2D eigenvalue weighted by molar-refractivity contribution is 0.628. The number of hydrogen-bond donors (Lipinski definition) is 2. The Balaban J connectivity index is 2.39. The summed E-state index contributed by atoms with van der Waals surface area (Å²) in [6, 6.07) is 12.0. The Morgan fingerprint density at radius 3 is 2.67 bits per heavy atom. The first kappa shape index (κ1) is 12.5. The van der Waals surface area contributed by atoms with Gasteiger partial charge in [0.2, 0.25) is 0 Å². The Bertz CT molecular complexity index is 596. The van der Waals surface area contributed by atoms with Crippen molar-refractivity contribution in [1.29, 1.82) is 0 Å². The highest BCUT2D eigenvalue weighted by molar-refractivity contribution is 7.80. The summed E-state index contributed by atoms with van der Waals surface area (Å²) in [6.45, 7) is 1.97. The minimum absolute atomic E-state index is 0.287. The predicted molar refractivity (Wildman–Crippen MR) is 76.7 cm³/mol. The third-order valence-electron chi connectivity index (χ3n) is 2.54. The fraction of sp³-hybridized carbons (Fsp3) is 0.0714. The van der Waals surface area contributed by atoms with E-state index in [-0.39, 0.29) is 5.82 Å². The summed E-state index contributed by atoms with van der Waals surface area (Å²) in [5.41, 5.74) is 8.94. The third-order valence-corrected chi connectivity index (χ3v) is 2.76. The van der Waals surface area contributed by atoms with Crippen molar-refractivity contribution >= 4 is 28.6 Å². The van der Waals surface area contributed by atoms with E-state index < -0.39 is 0 Å². The summed E-state index contributed by atoms with van der Waals surface area (Å²) < 4.78 is 13.1. The summed E-state index contributed by atoms with van der Waals surface area (Å²) in [7, 11) is 0. The Morgan fingerprint density at radius 2 is 2.00 bits per heavy atom. The molecule has 0 aliphatic heterocycles. The lowest BCUT2D eigenvalue weighted by Crippen LogP contribution is -2.12. The van der Waals surface area contributed by atoms with Crippen LogP contribution in [0.5, 0.6) is 0 Å². The minimum Gasteiger partial charge on any atom is -0.389 e. The molecule has 0 aliphatic carbocycles. The summed E-state index contributed by atoms with van der Waals surface area (Å²) in [5.74, 6) is -0.287. The van der Waals surface area contributed by atoms with Crippen molar-refractivity contribution in [1.82, 2.24) is 0 Å². The van der Waals surface area contributed by atoms with E-state index in [0.29, 0.717) is 10.7 Å². The fourth-order valence-electron chi connectivity index (χ4n) is 1.70. The van der Waals surface area contributed by atoms with Gasteiger partial charge in [-0.2, -0.15) is 0 Å². The second-order valence-corrected chi connectivity index (χ2v) is 4.49. The SMILES string of the molecule is Cc1ccc(C(N)=S)c(Nc2cccc(F)c2)c1. The largest absolute Gasteiger partial charge is 0.389 e. The van der Waals surface area contributed by atoms with Crippen LogP contribution in [-0.4, -0.2) is 4.99 Å². The zero-order valence-electron chi connectivity index (χ0n) is 9.91. The normalized spacial score (nSPS) is 10.1. The number of halogens is 1. The molecule has 2 aromatic carbocycles. The molecule has 0 atom stereocenters. The molecule has 0 fully saturated rings. The van der Waals surface area contributed by atoms with E-state index in [4.69, 9.17) is 18.0 Å². The number of anilines is 2. The average Bonchev–Trinajstić information content (AvgIpc) is 2.28. The van der Waals surface area contributed by atoms with E-state index in [1.165, 1.54) is 12.1 Å². The van der Waals surface area contributed by atoms with Crippen LogP contribution >= 0.6 is 12.2 Å². The third kappa shape index (κ3) is 2.84. The van der Waals surface area contributed by atoms with Gasteiger partial charge in [0.1, 0.15) is 10.8 Å². The molecule has 0 saturated heterocycles. The van der Waals surface area contributed by atoms with Crippen LogP contribution in [0, 0.1) is 12.7 Å². The minimum atomic E-state index is -0.287. The Morgan fingerprint density at radius 1 is 1.22 bits per heavy atom. The molecule has 0 spiro atoms. The van der Waals surface area contributed by atoms with Gasteiger partial charge in [-0.25, -0.2) is 4.39 Å². The van der Waals surface area contributed by atoms with Gasteiger partial charge in [0.05, 0.1) is 0 Å². The Labute approximate surface area is 111 Å². The highest BCUT2D eigenvalue weighted by atomic mass is 32.1. The van der Waals surface area contributed by atoms with Gasteiger partial charge in [0, 0.05) is 16.9 Å². The van der Waals surface area contributed by atoms with Crippen LogP contribution < -0.4 is 11.1 Å². The first-order valence-electron chi connectivity index (χ1n) is 5.49. The smallest absolute Gasteiger partial charge is 0.125 e. The van der Waals surface area contributed by atoms with Crippen LogP contribution in [0.25, 0.3) is 0 Å². The van der Waals surface area contributed by atoms with Gasteiger partial charge in [0.25, 0.3) is 0 Å². The molecule has 2 nitrogen and oxygen atoms in total. The number of rotatable bonds is 3. The molecule has 2 aromatic rings.